The molecule has 1 fully saturated rings. The summed E-state index contributed by atoms with van der Waals surface area (Å²) < 4.78 is 26.2. The number of carbonyl (C=O) groups is 1. The largest absolute Gasteiger partial charge is 0.465 e. The zero-order valence-corrected chi connectivity index (χ0v) is 10.2. The fraction of sp³-hybridized carbons (Fsp3) is 0.462. The molecule has 0 bridgehead atoms. The van der Waals surface area contributed by atoms with Crippen molar-refractivity contribution in [2.24, 2.45) is 5.92 Å². The first-order valence-electron chi connectivity index (χ1n) is 6.08. The number of carboxylic acid groups (broad SMARTS) is 1. The molecule has 1 aliphatic heterocycles. The summed E-state index contributed by atoms with van der Waals surface area (Å²) in [5.74, 6) is -1.97. The van der Waals surface area contributed by atoms with Crippen molar-refractivity contribution in [3.63, 3.8) is 0 Å². The average Bonchev–Trinajstić information content (AvgIpc) is 2.41. The fourth-order valence-corrected chi connectivity index (χ4v) is 2.47. The number of nitrogens with zero attached hydrogens (tertiary/aromatic N) is 1. The van der Waals surface area contributed by atoms with Gasteiger partial charge in [0, 0.05) is 13.2 Å². The molecular weight excluding hydrogens is 256 g/mol. The number of likely N-dealkylation sites (tertiary alicyclic amines) is 1. The van der Waals surface area contributed by atoms with Crippen LogP contribution in [0.25, 0.3) is 0 Å². The highest BCUT2D eigenvalue weighted by atomic mass is 19.2. The molecule has 4 nitrogen and oxygen atoms in total. The van der Waals surface area contributed by atoms with E-state index in [0.717, 1.165) is 12.1 Å². The summed E-state index contributed by atoms with van der Waals surface area (Å²) in [6.45, 7) is 0.248. The Labute approximate surface area is 109 Å². The van der Waals surface area contributed by atoms with Gasteiger partial charge in [-0.05, 0) is 36.5 Å². The van der Waals surface area contributed by atoms with E-state index in [2.05, 4.69) is 0 Å². The molecule has 1 saturated heterocycles. The second-order valence-corrected chi connectivity index (χ2v) is 4.74. The number of aliphatic hydroxyl groups excluding tert-OH is 1. The van der Waals surface area contributed by atoms with Gasteiger partial charge < -0.3 is 15.1 Å². The van der Waals surface area contributed by atoms with Crippen molar-refractivity contribution in [2.45, 2.75) is 18.9 Å². The van der Waals surface area contributed by atoms with Gasteiger partial charge >= 0.3 is 6.09 Å². The van der Waals surface area contributed by atoms with Gasteiger partial charge in [0.1, 0.15) is 0 Å². The quantitative estimate of drug-likeness (QED) is 0.868. The van der Waals surface area contributed by atoms with E-state index < -0.39 is 23.8 Å². The molecular formula is C13H15F2NO3. The lowest BCUT2D eigenvalue weighted by Gasteiger charge is -2.37. The number of hydrogen-bond acceptors (Lipinski definition) is 2. The average molecular weight is 271 g/mol. The predicted molar refractivity (Wildman–Crippen MR) is 63.6 cm³/mol. The smallest absolute Gasteiger partial charge is 0.407 e. The molecule has 0 aliphatic carbocycles. The Morgan fingerprint density at radius 2 is 2.11 bits per heavy atom. The first-order chi connectivity index (χ1) is 9.02. The van der Waals surface area contributed by atoms with Crippen LogP contribution in [0.15, 0.2) is 18.2 Å². The third-order valence-electron chi connectivity index (χ3n) is 3.54. The van der Waals surface area contributed by atoms with Crippen molar-refractivity contribution in [1.82, 2.24) is 4.90 Å². The zero-order chi connectivity index (χ0) is 14.0. The lowest BCUT2D eigenvalue weighted by molar-refractivity contribution is 0.0717. The van der Waals surface area contributed by atoms with Gasteiger partial charge in [-0.15, -0.1) is 0 Å². The molecule has 1 aromatic rings. The van der Waals surface area contributed by atoms with Crippen LogP contribution in [0.2, 0.25) is 0 Å². The van der Waals surface area contributed by atoms with Crippen molar-refractivity contribution in [1.29, 1.82) is 0 Å². The molecule has 0 unspecified atom stereocenters. The minimum absolute atomic E-state index is 0.0197. The standard InChI is InChI=1S/C13H15F2NO3/c14-10-2-1-9(6-11(10)15)12-5-8(7-17)3-4-16(12)13(18)19/h1-2,6,8,12,17H,3-5,7H2,(H,18,19)/t8-,12+/m0/s1. The van der Waals surface area contributed by atoms with Crippen LogP contribution in [-0.2, 0) is 0 Å². The van der Waals surface area contributed by atoms with E-state index >= 15 is 0 Å². The van der Waals surface area contributed by atoms with Gasteiger partial charge in [0.2, 0.25) is 0 Å². The Bertz CT molecular complexity index is 481. The Balaban J connectivity index is 2.30. The van der Waals surface area contributed by atoms with Crippen LogP contribution in [-0.4, -0.2) is 34.4 Å². The van der Waals surface area contributed by atoms with Gasteiger partial charge in [-0.2, -0.15) is 0 Å². The third-order valence-corrected chi connectivity index (χ3v) is 3.54. The minimum Gasteiger partial charge on any atom is -0.465 e. The molecule has 1 heterocycles. The summed E-state index contributed by atoms with van der Waals surface area (Å²) in [6.07, 6.45) is -0.109. The number of benzene rings is 1. The topological polar surface area (TPSA) is 60.8 Å². The van der Waals surface area contributed by atoms with E-state index in [1.165, 1.54) is 11.0 Å². The number of rotatable bonds is 2. The van der Waals surface area contributed by atoms with Crippen molar-refractivity contribution >= 4 is 6.09 Å². The molecule has 0 saturated carbocycles. The normalized spacial score (nSPS) is 23.4. The van der Waals surface area contributed by atoms with Gasteiger partial charge in [0.25, 0.3) is 0 Å². The molecule has 0 aromatic heterocycles. The van der Waals surface area contributed by atoms with E-state index in [1.54, 1.807) is 0 Å². The summed E-state index contributed by atoms with van der Waals surface area (Å²) in [5, 5.41) is 18.3. The number of amides is 1. The number of piperidine rings is 1. The van der Waals surface area contributed by atoms with Gasteiger partial charge in [-0.25, -0.2) is 13.6 Å². The van der Waals surface area contributed by atoms with E-state index in [0.29, 0.717) is 18.4 Å². The van der Waals surface area contributed by atoms with Gasteiger partial charge in [-0.1, -0.05) is 6.07 Å². The summed E-state index contributed by atoms with van der Waals surface area (Å²) in [7, 11) is 0. The lowest BCUT2D eigenvalue weighted by Crippen LogP contribution is -2.41. The number of aliphatic hydroxyl groups is 1. The monoisotopic (exact) mass is 271 g/mol. The SMILES string of the molecule is O=C(O)N1CC[C@H](CO)C[C@@H]1c1ccc(F)c(F)c1. The first kappa shape index (κ1) is 13.7. The zero-order valence-electron chi connectivity index (χ0n) is 10.2. The van der Waals surface area contributed by atoms with Crippen LogP contribution >= 0.6 is 0 Å². The summed E-state index contributed by atoms with van der Waals surface area (Å²) >= 11 is 0. The molecule has 1 amide bonds. The van der Waals surface area contributed by atoms with Gasteiger partial charge in [0.05, 0.1) is 6.04 Å². The Morgan fingerprint density at radius 3 is 2.68 bits per heavy atom. The number of halogens is 2. The molecule has 2 atom stereocenters. The van der Waals surface area contributed by atoms with Crippen molar-refractivity contribution in [2.75, 3.05) is 13.2 Å². The summed E-state index contributed by atoms with van der Waals surface area (Å²) in [5.41, 5.74) is 0.416. The summed E-state index contributed by atoms with van der Waals surface area (Å²) in [6, 6.07) is 2.86. The van der Waals surface area contributed by atoms with Crippen LogP contribution in [0.1, 0.15) is 24.4 Å². The van der Waals surface area contributed by atoms with Gasteiger partial charge in [0.15, 0.2) is 11.6 Å². The van der Waals surface area contributed by atoms with Crippen LogP contribution < -0.4 is 0 Å². The Hall–Kier alpha value is -1.69. The third kappa shape index (κ3) is 2.84. The second-order valence-electron chi connectivity index (χ2n) is 4.74. The minimum atomic E-state index is -1.09. The second kappa shape index (κ2) is 5.52. The fourth-order valence-electron chi connectivity index (χ4n) is 2.47. The molecule has 0 radical (unpaired) electrons. The molecule has 1 aromatic carbocycles. The van der Waals surface area contributed by atoms with Crippen LogP contribution in [0.5, 0.6) is 0 Å². The first-order valence-corrected chi connectivity index (χ1v) is 6.08. The van der Waals surface area contributed by atoms with E-state index in [4.69, 9.17) is 5.11 Å². The van der Waals surface area contributed by atoms with E-state index in [-0.39, 0.29) is 19.1 Å². The highest BCUT2D eigenvalue weighted by Crippen LogP contribution is 2.34. The van der Waals surface area contributed by atoms with Gasteiger partial charge in [-0.3, -0.25) is 0 Å². The van der Waals surface area contributed by atoms with Crippen LogP contribution in [0.4, 0.5) is 13.6 Å². The number of hydrogen-bond donors (Lipinski definition) is 2. The van der Waals surface area contributed by atoms with E-state index in [9.17, 15) is 18.7 Å². The van der Waals surface area contributed by atoms with Crippen LogP contribution in [0, 0.1) is 17.6 Å². The maximum Gasteiger partial charge on any atom is 0.407 e. The molecule has 2 N–H and O–H groups in total. The van der Waals surface area contributed by atoms with E-state index in [1.807, 2.05) is 0 Å². The molecule has 2 rings (SSSR count). The molecule has 0 spiro atoms. The molecule has 104 valence electrons. The highest BCUT2D eigenvalue weighted by Gasteiger charge is 2.32. The lowest BCUT2D eigenvalue weighted by atomic mass is 9.88. The highest BCUT2D eigenvalue weighted by molar-refractivity contribution is 5.66. The van der Waals surface area contributed by atoms with Crippen molar-refractivity contribution in [3.8, 4) is 0 Å². The Morgan fingerprint density at radius 1 is 1.37 bits per heavy atom. The molecule has 1 aliphatic rings. The van der Waals surface area contributed by atoms with Crippen molar-refractivity contribution in [3.05, 3.63) is 35.4 Å². The maximum absolute atomic E-state index is 13.3. The molecule has 19 heavy (non-hydrogen) atoms. The maximum atomic E-state index is 13.3. The molecule has 6 heteroatoms. The van der Waals surface area contributed by atoms with Crippen molar-refractivity contribution < 1.29 is 23.8 Å². The van der Waals surface area contributed by atoms with Crippen LogP contribution in [0.3, 0.4) is 0 Å². The predicted octanol–water partition coefficient (Wildman–Crippen LogP) is 2.39. The Kier molecular flexibility index (Phi) is 3.99. The summed E-state index contributed by atoms with van der Waals surface area (Å²) in [4.78, 5) is 12.4.